The number of carbonyl (C=O) groups is 3. The molecule has 35 heavy (non-hydrogen) atoms. The van der Waals surface area contributed by atoms with E-state index in [2.05, 4.69) is 0 Å². The van der Waals surface area contributed by atoms with Crippen LogP contribution in [0.5, 0.6) is 5.75 Å². The molecule has 0 fully saturated rings. The highest BCUT2D eigenvalue weighted by molar-refractivity contribution is 6.25. The molecule has 0 spiro atoms. The minimum Gasteiger partial charge on any atom is -0.511 e. The van der Waals surface area contributed by atoms with Crippen molar-refractivity contribution >= 4 is 17.3 Å². The number of allylic oxidation sites excluding steroid dienone is 2. The van der Waals surface area contributed by atoms with E-state index in [4.69, 9.17) is 0 Å². The van der Waals surface area contributed by atoms with Crippen LogP contribution < -0.4 is 0 Å². The van der Waals surface area contributed by atoms with E-state index in [-0.39, 0.29) is 29.7 Å². The number of aryl methyl sites for hydroxylation is 2. The van der Waals surface area contributed by atoms with E-state index in [0.717, 1.165) is 29.2 Å². The summed E-state index contributed by atoms with van der Waals surface area (Å²) >= 11 is 0. The Kier molecular flexibility index (Phi) is 5.04. The molecule has 2 aromatic carbocycles. The third-order valence-electron chi connectivity index (χ3n) is 7.58. The summed E-state index contributed by atoms with van der Waals surface area (Å²) in [6.45, 7) is 5.05. The highest BCUT2D eigenvalue weighted by Crippen LogP contribution is 2.52. The van der Waals surface area contributed by atoms with E-state index >= 15 is 0 Å². The number of phenols is 1. The first-order valence-electron chi connectivity index (χ1n) is 11.6. The molecule has 0 amide bonds. The van der Waals surface area contributed by atoms with Gasteiger partial charge in [0.05, 0.1) is 5.56 Å². The fraction of sp³-hybridized carbons (Fsp3) is 0.321. The molecule has 0 aromatic heterocycles. The summed E-state index contributed by atoms with van der Waals surface area (Å²) in [5.41, 5.74) is 1.30. The largest absolute Gasteiger partial charge is 0.511 e. The predicted molar refractivity (Wildman–Crippen MR) is 127 cm³/mol. The molecule has 3 aliphatic rings. The van der Waals surface area contributed by atoms with Crippen LogP contribution in [0.4, 0.5) is 0 Å². The van der Waals surface area contributed by atoms with Gasteiger partial charge in [-0.2, -0.15) is 0 Å². The molecule has 180 valence electrons. The molecule has 0 saturated heterocycles. The van der Waals surface area contributed by atoms with Crippen molar-refractivity contribution < 1.29 is 34.8 Å². The van der Waals surface area contributed by atoms with Crippen molar-refractivity contribution in [2.45, 2.75) is 45.6 Å². The van der Waals surface area contributed by atoms with Gasteiger partial charge in [-0.05, 0) is 62.3 Å². The van der Waals surface area contributed by atoms with Gasteiger partial charge in [-0.3, -0.25) is 14.4 Å². The Morgan fingerprint density at radius 2 is 1.66 bits per heavy atom. The summed E-state index contributed by atoms with van der Waals surface area (Å²) in [6, 6.07) is 9.23. The summed E-state index contributed by atoms with van der Waals surface area (Å²) in [6.07, 6.45) is 0.266. The normalized spacial score (nSPS) is 25.8. The van der Waals surface area contributed by atoms with Gasteiger partial charge in [0.1, 0.15) is 22.8 Å². The minimum atomic E-state index is -2.48. The van der Waals surface area contributed by atoms with Crippen LogP contribution in [0.1, 0.15) is 46.8 Å². The second-order valence-electron chi connectivity index (χ2n) is 9.96. The first-order valence-corrected chi connectivity index (χ1v) is 11.6. The maximum atomic E-state index is 13.7. The molecule has 0 unspecified atom stereocenters. The van der Waals surface area contributed by atoms with Crippen LogP contribution in [-0.4, -0.2) is 43.4 Å². The number of phenolic OH excluding ortho intramolecular Hbond substituents is 1. The third kappa shape index (κ3) is 3.18. The molecule has 3 aliphatic carbocycles. The van der Waals surface area contributed by atoms with Crippen molar-refractivity contribution in [2.24, 2.45) is 11.8 Å². The number of aromatic hydroxyl groups is 1. The number of carbonyl (C=O) groups excluding carboxylic acids is 3. The molecular formula is C28H26O7. The average Bonchev–Trinajstić information content (AvgIpc) is 2.75. The number of ketones is 3. The monoisotopic (exact) mass is 474 g/mol. The van der Waals surface area contributed by atoms with E-state index in [0.29, 0.717) is 12.0 Å². The van der Waals surface area contributed by atoms with E-state index < -0.39 is 51.9 Å². The van der Waals surface area contributed by atoms with Gasteiger partial charge >= 0.3 is 0 Å². The van der Waals surface area contributed by atoms with Gasteiger partial charge in [0, 0.05) is 17.9 Å². The van der Waals surface area contributed by atoms with Crippen LogP contribution in [0, 0.1) is 25.7 Å². The average molecular weight is 475 g/mol. The Morgan fingerprint density at radius 1 is 1.00 bits per heavy atom. The van der Waals surface area contributed by atoms with Crippen molar-refractivity contribution in [1.82, 2.24) is 0 Å². The third-order valence-corrected chi connectivity index (χ3v) is 7.58. The zero-order chi connectivity index (χ0) is 25.4. The van der Waals surface area contributed by atoms with Crippen molar-refractivity contribution in [1.29, 1.82) is 0 Å². The molecule has 0 bridgehead atoms. The zero-order valence-corrected chi connectivity index (χ0v) is 19.7. The molecule has 7 heteroatoms. The molecule has 0 saturated carbocycles. The lowest BCUT2D eigenvalue weighted by Crippen LogP contribution is -2.56. The van der Waals surface area contributed by atoms with Gasteiger partial charge < -0.3 is 20.4 Å². The Bertz CT molecular complexity index is 1390. The molecule has 7 nitrogen and oxygen atoms in total. The first kappa shape index (κ1) is 23.1. The van der Waals surface area contributed by atoms with Crippen LogP contribution in [0.2, 0.25) is 0 Å². The fourth-order valence-electron chi connectivity index (χ4n) is 6.13. The van der Waals surface area contributed by atoms with E-state index in [1.165, 1.54) is 6.07 Å². The van der Waals surface area contributed by atoms with E-state index in [9.17, 15) is 34.8 Å². The summed E-state index contributed by atoms with van der Waals surface area (Å²) in [7, 11) is 0. The van der Waals surface area contributed by atoms with Gasteiger partial charge in [-0.1, -0.05) is 35.4 Å². The standard InChI is InChI=1S/C28H26O7/c1-12-6-13(2)8-15(7-12)18-4-5-20(30)24-19(18)10-16-9-17-11-21(31)22(14(3)29)26(33)28(17,35)27(34)23(16)25(24)32/h4-8,16-17,30-31,34-35H,9-11H2,1-3H3/t16-,17+,28-/m0/s1. The number of hydrogen-bond acceptors (Lipinski definition) is 7. The maximum Gasteiger partial charge on any atom is 0.209 e. The topological polar surface area (TPSA) is 132 Å². The van der Waals surface area contributed by atoms with Crippen LogP contribution in [0.3, 0.4) is 0 Å². The number of aliphatic hydroxyl groups excluding tert-OH is 2. The van der Waals surface area contributed by atoms with Crippen LogP contribution >= 0.6 is 0 Å². The highest BCUT2D eigenvalue weighted by atomic mass is 16.3. The molecule has 0 aliphatic heterocycles. The Morgan fingerprint density at radius 3 is 2.29 bits per heavy atom. The molecule has 2 aromatic rings. The lowest BCUT2D eigenvalue weighted by atomic mass is 9.60. The smallest absolute Gasteiger partial charge is 0.209 e. The van der Waals surface area contributed by atoms with Gasteiger partial charge in [-0.15, -0.1) is 0 Å². The Balaban J connectivity index is 1.70. The number of Topliss-reactive ketones (excluding diaryl/α,β-unsaturated/α-hetero) is 3. The summed E-state index contributed by atoms with van der Waals surface area (Å²) in [5.74, 6) is -5.37. The van der Waals surface area contributed by atoms with Crippen LogP contribution in [0.25, 0.3) is 11.1 Å². The zero-order valence-electron chi connectivity index (χ0n) is 19.7. The second-order valence-corrected chi connectivity index (χ2v) is 9.96. The Labute approximate surface area is 202 Å². The first-order chi connectivity index (χ1) is 16.4. The summed E-state index contributed by atoms with van der Waals surface area (Å²) in [4.78, 5) is 38.7. The van der Waals surface area contributed by atoms with Crippen molar-refractivity contribution in [3.05, 3.63) is 75.3 Å². The van der Waals surface area contributed by atoms with E-state index in [1.807, 2.05) is 32.0 Å². The molecule has 3 atom stereocenters. The highest BCUT2D eigenvalue weighted by Gasteiger charge is 2.59. The summed E-state index contributed by atoms with van der Waals surface area (Å²) < 4.78 is 0. The maximum absolute atomic E-state index is 13.7. The lowest BCUT2D eigenvalue weighted by Gasteiger charge is -2.45. The van der Waals surface area contributed by atoms with Gasteiger partial charge in [0.25, 0.3) is 0 Å². The molecule has 0 heterocycles. The predicted octanol–water partition coefficient (Wildman–Crippen LogP) is 3.97. The van der Waals surface area contributed by atoms with Gasteiger partial charge in [-0.25, -0.2) is 0 Å². The number of aliphatic hydroxyl groups is 3. The number of benzene rings is 2. The van der Waals surface area contributed by atoms with E-state index in [1.54, 1.807) is 6.07 Å². The lowest BCUT2D eigenvalue weighted by molar-refractivity contribution is -0.144. The molecule has 0 radical (unpaired) electrons. The van der Waals surface area contributed by atoms with Crippen LogP contribution in [0.15, 0.2) is 53.0 Å². The van der Waals surface area contributed by atoms with Crippen LogP contribution in [-0.2, 0) is 16.0 Å². The second kappa shape index (κ2) is 7.65. The molecule has 4 N–H and O–H groups in total. The summed E-state index contributed by atoms with van der Waals surface area (Å²) in [5, 5.41) is 43.5. The Hall–Kier alpha value is -3.71. The van der Waals surface area contributed by atoms with Gasteiger partial charge in [0.15, 0.2) is 17.2 Å². The quantitative estimate of drug-likeness (QED) is 0.484. The van der Waals surface area contributed by atoms with Gasteiger partial charge in [0.2, 0.25) is 5.78 Å². The minimum absolute atomic E-state index is 0.0370. The fourth-order valence-corrected chi connectivity index (χ4v) is 6.13. The number of hydrogen-bond donors (Lipinski definition) is 4. The SMILES string of the molecule is CC(=O)C1=C(O)C[C@H]2C[C@H]3Cc4c(-c5cc(C)cc(C)c5)ccc(O)c4C(=O)C3=C(O)[C@@]2(O)C1=O. The molecule has 5 rings (SSSR count). The number of rotatable bonds is 2. The number of fused-ring (bicyclic) bond motifs is 3. The van der Waals surface area contributed by atoms with Crippen molar-refractivity contribution in [2.75, 3.05) is 0 Å². The molecular weight excluding hydrogens is 448 g/mol. The van der Waals surface area contributed by atoms with Crippen molar-refractivity contribution in [3.8, 4) is 16.9 Å². The van der Waals surface area contributed by atoms with Crippen molar-refractivity contribution in [3.63, 3.8) is 0 Å².